The van der Waals surface area contributed by atoms with Gasteiger partial charge in [-0.25, -0.2) is 0 Å². The zero-order valence-corrected chi connectivity index (χ0v) is 20.2. The van der Waals surface area contributed by atoms with E-state index in [0.717, 1.165) is 5.56 Å². The first kappa shape index (κ1) is 24.4. The first-order valence-electron chi connectivity index (χ1n) is 10.9. The summed E-state index contributed by atoms with van der Waals surface area (Å²) in [5, 5.41) is 6.48. The Hall–Kier alpha value is -3.75. The summed E-state index contributed by atoms with van der Waals surface area (Å²) in [6.07, 6.45) is 0.429. The number of hydrogen-bond donors (Lipinski definition) is 3. The predicted octanol–water partition coefficient (Wildman–Crippen LogP) is 3.62. The van der Waals surface area contributed by atoms with E-state index in [1.807, 2.05) is 54.6 Å². The summed E-state index contributed by atoms with van der Waals surface area (Å²) in [7, 11) is 0. The van der Waals surface area contributed by atoms with Crippen molar-refractivity contribution in [2.75, 3.05) is 11.9 Å². The van der Waals surface area contributed by atoms with Gasteiger partial charge in [0, 0.05) is 22.8 Å². The number of rotatable bonds is 8. The Morgan fingerprint density at radius 2 is 1.66 bits per heavy atom. The number of nitrogens with one attached hydrogen (secondary N) is 2. The molecular formula is C26H23ClN4O3S. The van der Waals surface area contributed by atoms with Crippen molar-refractivity contribution >= 4 is 52.3 Å². The summed E-state index contributed by atoms with van der Waals surface area (Å²) >= 11 is 11.5. The van der Waals surface area contributed by atoms with E-state index >= 15 is 0 Å². The number of nitrogens with zero attached hydrogens (tertiary/aromatic N) is 1. The molecular weight excluding hydrogens is 484 g/mol. The zero-order valence-electron chi connectivity index (χ0n) is 18.7. The Kier molecular flexibility index (Phi) is 7.14. The molecule has 1 heterocycles. The summed E-state index contributed by atoms with van der Waals surface area (Å²) in [4.78, 5) is 39.7. The predicted molar refractivity (Wildman–Crippen MR) is 139 cm³/mol. The number of thiocarbonyl (C=S) groups is 1. The van der Waals surface area contributed by atoms with Crippen LogP contribution in [0.25, 0.3) is 0 Å². The molecule has 0 radical (unpaired) electrons. The Bertz CT molecular complexity index is 1270. The molecule has 1 atom stereocenters. The number of carbonyl (C=O) groups is 3. The first-order chi connectivity index (χ1) is 16.8. The molecule has 3 amide bonds. The van der Waals surface area contributed by atoms with Crippen LogP contribution in [0.1, 0.15) is 27.9 Å². The van der Waals surface area contributed by atoms with Gasteiger partial charge in [-0.05, 0) is 66.2 Å². The summed E-state index contributed by atoms with van der Waals surface area (Å²) in [5.74, 6) is -1.29. The van der Waals surface area contributed by atoms with E-state index in [4.69, 9.17) is 29.6 Å². The SMILES string of the molecule is NC(=O)c1ccc(NC(=O)CC2(c3ccccc3)C(=O)NC(=S)N2CCc2ccc(Cl)cc2)cc1. The molecule has 1 unspecified atom stereocenters. The van der Waals surface area contributed by atoms with Crippen LogP contribution in [0, 0.1) is 0 Å². The second kappa shape index (κ2) is 10.2. The monoisotopic (exact) mass is 506 g/mol. The molecule has 4 rings (SSSR count). The molecule has 0 spiro atoms. The highest BCUT2D eigenvalue weighted by atomic mass is 35.5. The lowest BCUT2D eigenvalue weighted by Gasteiger charge is -2.36. The van der Waals surface area contributed by atoms with Gasteiger partial charge in [-0.15, -0.1) is 0 Å². The van der Waals surface area contributed by atoms with Crippen molar-refractivity contribution in [2.24, 2.45) is 5.73 Å². The molecule has 1 aliphatic heterocycles. The lowest BCUT2D eigenvalue weighted by Crippen LogP contribution is -2.50. The van der Waals surface area contributed by atoms with Crippen LogP contribution in [0.15, 0.2) is 78.9 Å². The van der Waals surface area contributed by atoms with Crippen molar-refractivity contribution in [3.8, 4) is 0 Å². The molecule has 0 aliphatic carbocycles. The van der Waals surface area contributed by atoms with Crippen molar-refractivity contribution in [2.45, 2.75) is 18.4 Å². The average molecular weight is 507 g/mol. The molecule has 0 bridgehead atoms. The molecule has 1 saturated heterocycles. The van der Waals surface area contributed by atoms with Gasteiger partial charge in [0.1, 0.15) is 0 Å². The van der Waals surface area contributed by atoms with Crippen LogP contribution in [-0.4, -0.2) is 34.3 Å². The Morgan fingerprint density at radius 1 is 1.00 bits per heavy atom. The fraction of sp³-hybridized carbons (Fsp3) is 0.154. The first-order valence-corrected chi connectivity index (χ1v) is 11.7. The second-order valence-electron chi connectivity index (χ2n) is 8.18. The Labute approximate surface area is 213 Å². The van der Waals surface area contributed by atoms with E-state index in [1.54, 1.807) is 17.0 Å². The molecule has 1 fully saturated rings. The molecule has 9 heteroatoms. The van der Waals surface area contributed by atoms with Crippen molar-refractivity contribution in [1.29, 1.82) is 0 Å². The van der Waals surface area contributed by atoms with E-state index in [1.165, 1.54) is 12.1 Å². The maximum absolute atomic E-state index is 13.4. The fourth-order valence-corrected chi connectivity index (χ4v) is 4.65. The molecule has 0 aromatic heterocycles. The number of halogens is 1. The lowest BCUT2D eigenvalue weighted by molar-refractivity contribution is -0.131. The third kappa shape index (κ3) is 5.18. The van der Waals surface area contributed by atoms with Crippen molar-refractivity contribution < 1.29 is 14.4 Å². The molecule has 7 nitrogen and oxygen atoms in total. The molecule has 3 aromatic carbocycles. The number of nitrogens with two attached hydrogens (primary N) is 1. The largest absolute Gasteiger partial charge is 0.366 e. The minimum absolute atomic E-state index is 0.166. The number of carbonyl (C=O) groups excluding carboxylic acids is 3. The van der Waals surface area contributed by atoms with Crippen LogP contribution in [0.5, 0.6) is 0 Å². The van der Waals surface area contributed by atoms with Gasteiger partial charge in [-0.1, -0.05) is 54.1 Å². The zero-order chi connectivity index (χ0) is 25.0. The van der Waals surface area contributed by atoms with Gasteiger partial charge in [0.25, 0.3) is 5.91 Å². The molecule has 178 valence electrons. The minimum Gasteiger partial charge on any atom is -0.366 e. The lowest BCUT2D eigenvalue weighted by atomic mass is 9.84. The normalized spacial score (nSPS) is 17.2. The van der Waals surface area contributed by atoms with Crippen LogP contribution >= 0.6 is 23.8 Å². The van der Waals surface area contributed by atoms with Gasteiger partial charge in [0.05, 0.1) is 6.42 Å². The third-order valence-corrected chi connectivity index (χ3v) is 6.53. The minimum atomic E-state index is -1.32. The smallest absolute Gasteiger partial charge is 0.257 e. The molecule has 0 saturated carbocycles. The highest BCUT2D eigenvalue weighted by Gasteiger charge is 2.53. The van der Waals surface area contributed by atoms with Crippen LogP contribution in [0.3, 0.4) is 0 Å². The highest BCUT2D eigenvalue weighted by molar-refractivity contribution is 7.80. The van der Waals surface area contributed by atoms with Gasteiger partial charge in [-0.2, -0.15) is 0 Å². The van der Waals surface area contributed by atoms with Gasteiger partial charge < -0.3 is 21.3 Å². The number of amides is 3. The van der Waals surface area contributed by atoms with Crippen LogP contribution in [0.2, 0.25) is 5.02 Å². The van der Waals surface area contributed by atoms with Crippen LogP contribution in [-0.2, 0) is 21.5 Å². The number of anilines is 1. The van der Waals surface area contributed by atoms with Crippen LogP contribution < -0.4 is 16.4 Å². The van der Waals surface area contributed by atoms with Crippen molar-refractivity contribution in [3.05, 3.63) is 101 Å². The maximum Gasteiger partial charge on any atom is 0.257 e. The average Bonchev–Trinajstić information content (AvgIpc) is 3.08. The third-order valence-electron chi connectivity index (χ3n) is 5.96. The van der Waals surface area contributed by atoms with E-state index in [9.17, 15) is 14.4 Å². The molecule has 35 heavy (non-hydrogen) atoms. The summed E-state index contributed by atoms with van der Waals surface area (Å²) in [5.41, 5.74) is 6.46. The maximum atomic E-state index is 13.4. The van der Waals surface area contributed by atoms with E-state index in [-0.39, 0.29) is 23.3 Å². The summed E-state index contributed by atoms with van der Waals surface area (Å²) in [6, 6.07) is 22.8. The molecule has 3 aromatic rings. The van der Waals surface area contributed by atoms with Gasteiger partial charge in [0.2, 0.25) is 11.8 Å². The number of benzene rings is 3. The second-order valence-corrected chi connectivity index (χ2v) is 9.00. The molecule has 4 N–H and O–H groups in total. The van der Waals surface area contributed by atoms with E-state index in [0.29, 0.717) is 34.8 Å². The van der Waals surface area contributed by atoms with Crippen molar-refractivity contribution in [1.82, 2.24) is 10.2 Å². The van der Waals surface area contributed by atoms with E-state index in [2.05, 4.69) is 10.6 Å². The number of hydrogen-bond acceptors (Lipinski definition) is 4. The van der Waals surface area contributed by atoms with Gasteiger partial charge in [-0.3, -0.25) is 14.4 Å². The Morgan fingerprint density at radius 3 is 2.29 bits per heavy atom. The highest BCUT2D eigenvalue weighted by Crippen LogP contribution is 2.37. The molecule has 1 aliphatic rings. The Balaban J connectivity index is 1.62. The summed E-state index contributed by atoms with van der Waals surface area (Å²) in [6.45, 7) is 0.411. The van der Waals surface area contributed by atoms with Gasteiger partial charge >= 0.3 is 0 Å². The van der Waals surface area contributed by atoms with Crippen molar-refractivity contribution in [3.63, 3.8) is 0 Å². The number of primary amides is 1. The fourth-order valence-electron chi connectivity index (χ4n) is 4.18. The standard InChI is InChI=1S/C26H23ClN4O3S/c27-20-10-6-17(7-11-20)14-15-31-25(35)30-24(34)26(31,19-4-2-1-3-5-19)16-22(32)29-21-12-8-18(9-13-21)23(28)33/h1-13H,14-16H2,(H2,28,33)(H,29,32)(H,30,34,35). The van der Waals surface area contributed by atoms with E-state index < -0.39 is 11.4 Å². The quantitative estimate of drug-likeness (QED) is 0.405. The van der Waals surface area contributed by atoms with Gasteiger partial charge in [0.15, 0.2) is 10.7 Å². The summed E-state index contributed by atoms with van der Waals surface area (Å²) < 4.78 is 0. The topological polar surface area (TPSA) is 105 Å². The van der Waals surface area contributed by atoms with Crippen LogP contribution in [0.4, 0.5) is 5.69 Å².